The minimum Gasteiger partial charge on any atom is -0.459 e. The first-order valence-electron chi connectivity index (χ1n) is 11.5. The lowest BCUT2D eigenvalue weighted by Gasteiger charge is -2.30. The number of amides is 2. The summed E-state index contributed by atoms with van der Waals surface area (Å²) in [6.07, 6.45) is 4.04. The van der Waals surface area contributed by atoms with Crippen molar-refractivity contribution in [1.29, 1.82) is 0 Å². The number of aryl methyl sites for hydroxylation is 2. The van der Waals surface area contributed by atoms with Crippen molar-refractivity contribution < 1.29 is 18.4 Å². The highest BCUT2D eigenvalue weighted by Gasteiger charge is 2.25. The molecule has 178 valence electrons. The van der Waals surface area contributed by atoms with Crippen molar-refractivity contribution in [1.82, 2.24) is 15.2 Å². The van der Waals surface area contributed by atoms with Gasteiger partial charge in [0.25, 0.3) is 5.91 Å². The summed E-state index contributed by atoms with van der Waals surface area (Å²) in [4.78, 5) is 43.9. The normalized spacial score (nSPS) is 13.0. The summed E-state index contributed by atoms with van der Waals surface area (Å²) in [5, 5.41) is 3.66. The molecule has 5 rings (SSSR count). The van der Waals surface area contributed by atoms with Gasteiger partial charge in [0.05, 0.1) is 12.7 Å². The van der Waals surface area contributed by atoms with Crippen LogP contribution in [0.1, 0.15) is 44.1 Å². The van der Waals surface area contributed by atoms with Gasteiger partial charge in [0.15, 0.2) is 5.76 Å². The van der Waals surface area contributed by atoms with E-state index in [0.717, 1.165) is 33.3 Å². The molecular weight excluding hydrogens is 446 g/mol. The Bertz CT molecular complexity index is 1490. The Morgan fingerprint density at radius 3 is 2.83 bits per heavy atom. The predicted octanol–water partition coefficient (Wildman–Crippen LogP) is 3.46. The topological polar surface area (TPSA) is 106 Å². The molecule has 1 aliphatic rings. The zero-order valence-electron chi connectivity index (χ0n) is 19.6. The molecule has 0 bridgehead atoms. The van der Waals surface area contributed by atoms with Crippen molar-refractivity contribution in [3.63, 3.8) is 0 Å². The Labute approximate surface area is 201 Å². The molecule has 0 unspecified atom stereocenters. The molecule has 0 fully saturated rings. The fourth-order valence-electron chi connectivity index (χ4n) is 4.59. The number of carbonyl (C=O) groups excluding carboxylic acids is 2. The van der Waals surface area contributed by atoms with E-state index in [1.165, 1.54) is 12.3 Å². The summed E-state index contributed by atoms with van der Waals surface area (Å²) < 4.78 is 10.5. The summed E-state index contributed by atoms with van der Waals surface area (Å²) in [7, 11) is 0. The van der Waals surface area contributed by atoms with Crippen LogP contribution in [0.5, 0.6) is 0 Å². The van der Waals surface area contributed by atoms with Crippen LogP contribution < -0.4 is 10.9 Å². The lowest BCUT2D eigenvalue weighted by molar-refractivity contribution is -0.131. The van der Waals surface area contributed by atoms with Gasteiger partial charge >= 0.3 is 5.63 Å². The molecule has 0 spiro atoms. The molecule has 0 radical (unpaired) electrons. The van der Waals surface area contributed by atoms with Gasteiger partial charge in [-0.25, -0.2) is 4.79 Å². The number of carbonyl (C=O) groups is 2. The summed E-state index contributed by atoms with van der Waals surface area (Å²) in [5.41, 5.74) is 5.57. The average molecular weight is 472 g/mol. The number of hydrogen-bond donors (Lipinski definition) is 1. The first kappa shape index (κ1) is 22.6. The van der Waals surface area contributed by atoms with Gasteiger partial charge in [-0.1, -0.05) is 12.1 Å². The first-order valence-corrected chi connectivity index (χ1v) is 11.5. The molecule has 1 aliphatic heterocycles. The Balaban J connectivity index is 1.33. The molecule has 3 aromatic heterocycles. The number of rotatable bonds is 5. The second-order valence-electron chi connectivity index (χ2n) is 8.82. The fraction of sp³-hybridized carbons (Fsp3) is 0.259. The predicted molar refractivity (Wildman–Crippen MR) is 129 cm³/mol. The zero-order valence-corrected chi connectivity index (χ0v) is 19.6. The van der Waals surface area contributed by atoms with Crippen molar-refractivity contribution in [2.45, 2.75) is 39.8 Å². The van der Waals surface area contributed by atoms with Gasteiger partial charge in [0.1, 0.15) is 5.58 Å². The molecule has 2 amide bonds. The first-order chi connectivity index (χ1) is 16.9. The Kier molecular flexibility index (Phi) is 5.94. The largest absolute Gasteiger partial charge is 0.459 e. The molecule has 4 heterocycles. The highest BCUT2D eigenvalue weighted by molar-refractivity contribution is 5.91. The van der Waals surface area contributed by atoms with Crippen LogP contribution in [0.15, 0.2) is 62.5 Å². The van der Waals surface area contributed by atoms with Gasteiger partial charge in [0.2, 0.25) is 5.91 Å². The monoisotopic (exact) mass is 471 g/mol. The van der Waals surface area contributed by atoms with E-state index in [0.29, 0.717) is 37.2 Å². The average Bonchev–Trinajstić information content (AvgIpc) is 3.38. The van der Waals surface area contributed by atoms with Crippen LogP contribution in [-0.4, -0.2) is 28.2 Å². The summed E-state index contributed by atoms with van der Waals surface area (Å²) in [5.74, 6) is -0.0828. The van der Waals surface area contributed by atoms with Gasteiger partial charge in [-0.3, -0.25) is 14.6 Å². The van der Waals surface area contributed by atoms with Crippen LogP contribution in [0.3, 0.4) is 0 Å². The maximum Gasteiger partial charge on any atom is 0.336 e. The number of pyridine rings is 1. The minimum absolute atomic E-state index is 0.0589. The zero-order chi connectivity index (χ0) is 24.5. The number of fused-ring (bicyclic) bond motifs is 2. The van der Waals surface area contributed by atoms with E-state index in [9.17, 15) is 14.4 Å². The number of hydrogen-bond acceptors (Lipinski definition) is 6. The molecule has 0 aliphatic carbocycles. The van der Waals surface area contributed by atoms with E-state index >= 15 is 0 Å². The molecule has 1 N–H and O–H groups in total. The van der Waals surface area contributed by atoms with Gasteiger partial charge < -0.3 is 19.1 Å². The van der Waals surface area contributed by atoms with E-state index < -0.39 is 5.63 Å². The number of benzene rings is 1. The van der Waals surface area contributed by atoms with Crippen molar-refractivity contribution in [2.24, 2.45) is 0 Å². The van der Waals surface area contributed by atoms with Crippen LogP contribution in [-0.2, 0) is 30.7 Å². The SMILES string of the molecule is Cc1ccc2c(CC(=O)N3CCc4c(cnc(C)c4CNC(=O)c4ccco4)C3)cc(=O)oc2c1. The van der Waals surface area contributed by atoms with E-state index in [1.54, 1.807) is 23.2 Å². The third-order valence-corrected chi connectivity index (χ3v) is 6.45. The standard InChI is InChI=1S/C27H25N3O5/c1-16-5-6-21-18(12-26(32)35-24(21)10-16)11-25(31)30-8-7-20-19(15-30)13-28-17(2)22(20)14-29-27(33)23-4-3-9-34-23/h3-6,9-10,12-13H,7-8,11,14-15H2,1-2H3,(H,29,33). The van der Waals surface area contributed by atoms with E-state index in [1.807, 2.05) is 32.0 Å². The summed E-state index contributed by atoms with van der Waals surface area (Å²) >= 11 is 0. The molecule has 8 heteroatoms. The van der Waals surface area contributed by atoms with Crippen molar-refractivity contribution in [2.75, 3.05) is 6.54 Å². The maximum atomic E-state index is 13.2. The van der Waals surface area contributed by atoms with Gasteiger partial charge in [-0.15, -0.1) is 0 Å². The van der Waals surface area contributed by atoms with Crippen molar-refractivity contribution in [3.8, 4) is 0 Å². The fourth-order valence-corrected chi connectivity index (χ4v) is 4.59. The summed E-state index contributed by atoms with van der Waals surface area (Å²) in [6.45, 7) is 5.15. The Morgan fingerprint density at radius 2 is 2.03 bits per heavy atom. The minimum atomic E-state index is -0.462. The van der Waals surface area contributed by atoms with Gasteiger partial charge in [-0.05, 0) is 66.3 Å². The molecule has 1 aromatic carbocycles. The highest BCUT2D eigenvalue weighted by atomic mass is 16.4. The van der Waals surface area contributed by atoms with Gasteiger partial charge in [0, 0.05) is 43.0 Å². The molecule has 35 heavy (non-hydrogen) atoms. The molecule has 8 nitrogen and oxygen atoms in total. The van der Waals surface area contributed by atoms with Crippen LogP contribution in [0, 0.1) is 13.8 Å². The Morgan fingerprint density at radius 1 is 1.17 bits per heavy atom. The van der Waals surface area contributed by atoms with Crippen molar-refractivity contribution >= 4 is 22.8 Å². The van der Waals surface area contributed by atoms with Crippen LogP contribution >= 0.6 is 0 Å². The van der Waals surface area contributed by atoms with E-state index in [4.69, 9.17) is 8.83 Å². The second-order valence-corrected chi connectivity index (χ2v) is 8.82. The maximum absolute atomic E-state index is 13.2. The van der Waals surface area contributed by atoms with Crippen molar-refractivity contribution in [3.05, 3.63) is 98.5 Å². The van der Waals surface area contributed by atoms with Crippen LogP contribution in [0.25, 0.3) is 11.0 Å². The third-order valence-electron chi connectivity index (χ3n) is 6.45. The van der Waals surface area contributed by atoms with Crippen LogP contribution in [0.4, 0.5) is 0 Å². The lowest BCUT2D eigenvalue weighted by Crippen LogP contribution is -2.38. The molecule has 0 atom stereocenters. The number of furan rings is 1. The number of nitrogens with zero attached hydrogens (tertiary/aromatic N) is 2. The molecule has 4 aromatic rings. The van der Waals surface area contributed by atoms with Crippen LogP contribution in [0.2, 0.25) is 0 Å². The Hall–Kier alpha value is -4.20. The molecule has 0 saturated heterocycles. The quantitative estimate of drug-likeness (QED) is 0.447. The highest BCUT2D eigenvalue weighted by Crippen LogP contribution is 2.25. The third kappa shape index (κ3) is 4.59. The summed E-state index contributed by atoms with van der Waals surface area (Å²) in [6, 6.07) is 10.3. The lowest BCUT2D eigenvalue weighted by atomic mass is 9.94. The number of aromatic nitrogens is 1. The molecular formula is C27H25N3O5. The van der Waals surface area contributed by atoms with E-state index in [2.05, 4.69) is 10.3 Å². The second kappa shape index (κ2) is 9.21. The number of nitrogens with one attached hydrogen (secondary N) is 1. The van der Waals surface area contributed by atoms with Gasteiger partial charge in [-0.2, -0.15) is 0 Å². The smallest absolute Gasteiger partial charge is 0.336 e. The van der Waals surface area contributed by atoms with E-state index in [-0.39, 0.29) is 24.0 Å². The molecule has 0 saturated carbocycles.